The molecule has 9 heteroatoms. The summed E-state index contributed by atoms with van der Waals surface area (Å²) in [5.74, 6) is -0.822. The molecule has 0 spiro atoms. The monoisotopic (exact) mass is 456 g/mol. The lowest BCUT2D eigenvalue weighted by atomic mass is 10.1. The summed E-state index contributed by atoms with van der Waals surface area (Å²) in [6, 6.07) is 12.3. The Bertz CT molecular complexity index is 1160. The first-order valence-electron chi connectivity index (χ1n) is 10.3. The summed E-state index contributed by atoms with van der Waals surface area (Å²) in [5.41, 5.74) is 0.710. The van der Waals surface area contributed by atoms with E-state index in [1.165, 1.54) is 21.7 Å². The molecule has 0 unspecified atom stereocenters. The molecule has 2 heterocycles. The predicted octanol–water partition coefficient (Wildman–Crippen LogP) is 1.86. The Kier molecular flexibility index (Phi) is 7.97. The highest BCUT2D eigenvalue weighted by Crippen LogP contribution is 2.12. The molecule has 2 aromatic heterocycles. The van der Waals surface area contributed by atoms with Gasteiger partial charge in [-0.2, -0.15) is 0 Å². The summed E-state index contributed by atoms with van der Waals surface area (Å²) in [6.45, 7) is 0.419. The van der Waals surface area contributed by atoms with Crippen LogP contribution in [0.1, 0.15) is 22.3 Å². The van der Waals surface area contributed by atoms with E-state index in [4.69, 9.17) is 16.7 Å². The molecule has 1 aromatic carbocycles. The molecule has 2 N–H and O–H groups in total. The van der Waals surface area contributed by atoms with Crippen LogP contribution in [0.25, 0.3) is 11.0 Å². The second-order valence-electron chi connectivity index (χ2n) is 7.39. The van der Waals surface area contributed by atoms with E-state index in [2.05, 4.69) is 10.3 Å². The van der Waals surface area contributed by atoms with Crippen LogP contribution >= 0.6 is 11.6 Å². The van der Waals surface area contributed by atoms with Crippen LogP contribution in [0, 0.1) is 0 Å². The lowest BCUT2D eigenvalue weighted by molar-refractivity contribution is -0.130. The summed E-state index contributed by atoms with van der Waals surface area (Å²) in [6.07, 6.45) is 2.55. The zero-order valence-electron chi connectivity index (χ0n) is 17.8. The Balaban J connectivity index is 1.81. The standard InChI is InChI=1S/C23H25ClN4O4/c1-27(12-3-13-29)20(30)15-28-21-17(4-2-10-25-21)14-19(23(28)32)22(31)26-11-9-16-5-7-18(24)8-6-16/h2,4-8,10,14,29H,3,9,11-13,15H2,1H3,(H,26,31). The lowest BCUT2D eigenvalue weighted by Crippen LogP contribution is -2.38. The Labute approximate surface area is 190 Å². The number of halogens is 1. The van der Waals surface area contributed by atoms with Crippen molar-refractivity contribution in [1.29, 1.82) is 0 Å². The summed E-state index contributed by atoms with van der Waals surface area (Å²) in [5, 5.41) is 13.0. The maximum Gasteiger partial charge on any atom is 0.265 e. The average molecular weight is 457 g/mol. The largest absolute Gasteiger partial charge is 0.396 e. The van der Waals surface area contributed by atoms with Crippen LogP contribution < -0.4 is 10.9 Å². The number of amides is 2. The van der Waals surface area contributed by atoms with Crippen molar-refractivity contribution in [1.82, 2.24) is 19.8 Å². The van der Waals surface area contributed by atoms with Crippen molar-refractivity contribution >= 4 is 34.4 Å². The molecule has 0 saturated heterocycles. The van der Waals surface area contributed by atoms with E-state index < -0.39 is 11.5 Å². The van der Waals surface area contributed by atoms with Gasteiger partial charge in [0.05, 0.1) is 0 Å². The first-order chi connectivity index (χ1) is 15.4. The van der Waals surface area contributed by atoms with Crippen LogP contribution in [0.2, 0.25) is 5.02 Å². The summed E-state index contributed by atoms with van der Waals surface area (Å²) in [7, 11) is 1.60. The zero-order chi connectivity index (χ0) is 23.1. The number of carbonyl (C=O) groups is 2. The molecule has 2 amide bonds. The fourth-order valence-corrected chi connectivity index (χ4v) is 3.40. The first kappa shape index (κ1) is 23.4. The summed E-state index contributed by atoms with van der Waals surface area (Å²) >= 11 is 5.89. The molecule has 168 valence electrons. The molecule has 32 heavy (non-hydrogen) atoms. The van der Waals surface area contributed by atoms with Crippen molar-refractivity contribution in [2.45, 2.75) is 19.4 Å². The van der Waals surface area contributed by atoms with Gasteiger partial charge in [0.2, 0.25) is 5.91 Å². The molecule has 0 fully saturated rings. The van der Waals surface area contributed by atoms with Crippen LogP contribution in [0.4, 0.5) is 0 Å². The molecule has 3 aromatic rings. The van der Waals surface area contributed by atoms with E-state index in [0.29, 0.717) is 42.0 Å². The van der Waals surface area contributed by atoms with E-state index in [9.17, 15) is 14.4 Å². The van der Waals surface area contributed by atoms with Gasteiger partial charge in [0, 0.05) is 43.3 Å². The number of aromatic nitrogens is 2. The van der Waals surface area contributed by atoms with E-state index in [0.717, 1.165) is 5.56 Å². The van der Waals surface area contributed by atoms with Crippen molar-refractivity contribution < 1.29 is 14.7 Å². The van der Waals surface area contributed by atoms with Crippen LogP contribution in [-0.2, 0) is 17.8 Å². The highest BCUT2D eigenvalue weighted by atomic mass is 35.5. The third-order valence-corrected chi connectivity index (χ3v) is 5.33. The highest BCUT2D eigenvalue weighted by molar-refractivity contribution is 6.30. The first-order valence-corrected chi connectivity index (χ1v) is 10.6. The highest BCUT2D eigenvalue weighted by Gasteiger charge is 2.19. The maximum atomic E-state index is 13.1. The number of aliphatic hydroxyl groups is 1. The van der Waals surface area contributed by atoms with Gasteiger partial charge in [0.25, 0.3) is 11.5 Å². The van der Waals surface area contributed by atoms with Crippen molar-refractivity contribution in [3.63, 3.8) is 0 Å². The number of aliphatic hydroxyl groups excluding tert-OH is 1. The predicted molar refractivity (Wildman–Crippen MR) is 123 cm³/mol. The number of carbonyl (C=O) groups excluding carboxylic acids is 2. The Morgan fingerprint density at radius 1 is 1.22 bits per heavy atom. The minimum Gasteiger partial charge on any atom is -0.396 e. The van der Waals surface area contributed by atoms with Crippen molar-refractivity contribution in [2.75, 3.05) is 26.7 Å². The third kappa shape index (κ3) is 5.72. The smallest absolute Gasteiger partial charge is 0.265 e. The number of hydrogen-bond donors (Lipinski definition) is 2. The van der Waals surface area contributed by atoms with Crippen LogP contribution in [0.15, 0.2) is 53.5 Å². The molecule has 0 bridgehead atoms. The minimum absolute atomic E-state index is 0.0340. The molecule has 8 nitrogen and oxygen atoms in total. The SMILES string of the molecule is CN(CCCO)C(=O)Cn1c(=O)c(C(=O)NCCc2ccc(Cl)cc2)cc2cccnc21. The van der Waals surface area contributed by atoms with E-state index in [-0.39, 0.29) is 24.6 Å². The van der Waals surface area contributed by atoms with Crippen LogP contribution in [0.5, 0.6) is 0 Å². The fourth-order valence-electron chi connectivity index (χ4n) is 3.27. The van der Waals surface area contributed by atoms with E-state index >= 15 is 0 Å². The number of fused-ring (bicyclic) bond motifs is 1. The third-order valence-electron chi connectivity index (χ3n) is 5.08. The van der Waals surface area contributed by atoms with Crippen molar-refractivity contribution in [2.24, 2.45) is 0 Å². The number of nitrogens with one attached hydrogen (secondary N) is 1. The number of rotatable bonds is 9. The van der Waals surface area contributed by atoms with Crippen LogP contribution in [0.3, 0.4) is 0 Å². The number of pyridine rings is 2. The molecule has 0 saturated carbocycles. The van der Waals surface area contributed by atoms with Crippen molar-refractivity contribution in [3.8, 4) is 0 Å². The maximum absolute atomic E-state index is 13.1. The normalized spacial score (nSPS) is 10.8. The second-order valence-corrected chi connectivity index (χ2v) is 7.83. The van der Waals surface area contributed by atoms with Gasteiger partial charge in [-0.3, -0.25) is 19.0 Å². The molecule has 0 atom stereocenters. The van der Waals surface area contributed by atoms with Gasteiger partial charge in [-0.25, -0.2) is 4.98 Å². The number of nitrogens with zero attached hydrogens (tertiary/aromatic N) is 3. The van der Waals surface area contributed by atoms with Gasteiger partial charge >= 0.3 is 0 Å². The van der Waals surface area contributed by atoms with Gasteiger partial charge in [-0.05, 0) is 48.7 Å². The second kappa shape index (κ2) is 10.9. The number of likely N-dealkylation sites (N-methyl/N-ethyl adjacent to an activating group) is 1. The van der Waals surface area contributed by atoms with Crippen molar-refractivity contribution in [3.05, 3.63) is 75.2 Å². The molecular formula is C23H25ClN4O4. The quantitative estimate of drug-likeness (QED) is 0.511. The average Bonchev–Trinajstić information content (AvgIpc) is 2.80. The molecular weight excluding hydrogens is 432 g/mol. The van der Waals surface area contributed by atoms with Gasteiger partial charge in [-0.1, -0.05) is 23.7 Å². The molecule has 0 aliphatic rings. The lowest BCUT2D eigenvalue weighted by Gasteiger charge is -2.18. The summed E-state index contributed by atoms with van der Waals surface area (Å²) in [4.78, 5) is 44.2. The molecule has 0 aliphatic heterocycles. The summed E-state index contributed by atoms with van der Waals surface area (Å²) < 4.78 is 1.22. The Morgan fingerprint density at radius 2 is 1.97 bits per heavy atom. The van der Waals surface area contributed by atoms with Gasteiger partial charge in [0.1, 0.15) is 17.8 Å². The zero-order valence-corrected chi connectivity index (χ0v) is 18.5. The Morgan fingerprint density at radius 3 is 2.69 bits per heavy atom. The molecule has 3 rings (SSSR count). The Hall–Kier alpha value is -3.23. The molecule has 0 radical (unpaired) electrons. The van der Waals surface area contributed by atoms with Gasteiger partial charge < -0.3 is 15.3 Å². The molecule has 0 aliphatic carbocycles. The van der Waals surface area contributed by atoms with E-state index in [1.807, 2.05) is 12.1 Å². The van der Waals surface area contributed by atoms with E-state index in [1.54, 1.807) is 31.3 Å². The van der Waals surface area contributed by atoms with Gasteiger partial charge in [-0.15, -0.1) is 0 Å². The van der Waals surface area contributed by atoms with Crippen LogP contribution in [-0.4, -0.2) is 58.1 Å². The minimum atomic E-state index is -0.580. The number of hydrogen-bond acceptors (Lipinski definition) is 5. The number of benzene rings is 1. The topological polar surface area (TPSA) is 105 Å². The fraction of sp³-hybridized carbons (Fsp3) is 0.304. The van der Waals surface area contributed by atoms with Gasteiger partial charge in [0.15, 0.2) is 0 Å².